The molecule has 8 nitrogen and oxygen atoms in total. The van der Waals surface area contributed by atoms with Gasteiger partial charge >= 0.3 is 0 Å². The Bertz CT molecular complexity index is 1340. The summed E-state index contributed by atoms with van der Waals surface area (Å²) in [5, 5.41) is 0.800. The van der Waals surface area contributed by atoms with Crippen molar-refractivity contribution in [1.82, 2.24) is 13.7 Å². The van der Waals surface area contributed by atoms with Gasteiger partial charge in [-0.3, -0.25) is 9.59 Å². The minimum Gasteiger partial charge on any atom is -0.344 e. The molecular weight excluding hydrogens is 520 g/mol. The number of hydrogen-bond donors (Lipinski definition) is 0. The molecule has 6 rings (SSSR count). The van der Waals surface area contributed by atoms with Crippen LogP contribution in [0.3, 0.4) is 0 Å². The number of nitrogens with zero attached hydrogens (tertiary/aromatic N) is 4. The van der Waals surface area contributed by atoms with Gasteiger partial charge in [-0.25, -0.2) is 13.4 Å². The van der Waals surface area contributed by atoms with Crippen molar-refractivity contribution in [1.29, 1.82) is 0 Å². The van der Waals surface area contributed by atoms with E-state index in [1.165, 1.54) is 11.5 Å². The highest BCUT2D eigenvalue weighted by atomic mass is 32.2. The van der Waals surface area contributed by atoms with Crippen LogP contribution in [0.1, 0.15) is 70.2 Å². The van der Waals surface area contributed by atoms with Crippen LogP contribution in [0.25, 0.3) is 0 Å². The van der Waals surface area contributed by atoms with E-state index in [9.17, 15) is 18.0 Å². The average molecular weight is 557 g/mol. The molecule has 0 radical (unpaired) electrons. The lowest BCUT2D eigenvalue weighted by atomic mass is 9.68. The van der Waals surface area contributed by atoms with Gasteiger partial charge in [0.1, 0.15) is 11.6 Å². The van der Waals surface area contributed by atoms with Crippen LogP contribution in [0, 0.1) is 16.7 Å². The van der Waals surface area contributed by atoms with Crippen LogP contribution >= 0.6 is 11.5 Å². The molecular formula is C28H36N4O4S2. The maximum atomic E-state index is 13.5. The fourth-order valence-corrected chi connectivity index (χ4v) is 10.6. The molecule has 1 saturated heterocycles. The Morgan fingerprint density at radius 3 is 2.29 bits per heavy atom. The Kier molecular flexibility index (Phi) is 6.31. The predicted octanol–water partition coefficient (Wildman–Crippen LogP) is 3.81. The normalized spacial score (nSPS) is 29.2. The fourth-order valence-electron chi connectivity index (χ4n) is 7.56. The third kappa shape index (κ3) is 3.97. The molecule has 0 amide bonds. The van der Waals surface area contributed by atoms with Crippen LogP contribution in [-0.2, 0) is 25.0 Å². The monoisotopic (exact) mass is 556 g/mol. The quantitative estimate of drug-likeness (QED) is 0.533. The lowest BCUT2D eigenvalue weighted by molar-refractivity contribution is -0.128. The van der Waals surface area contributed by atoms with Crippen LogP contribution in [0.2, 0.25) is 0 Å². The van der Waals surface area contributed by atoms with Crippen molar-refractivity contribution < 1.29 is 18.0 Å². The number of rotatable bonds is 6. The molecule has 3 aliphatic carbocycles. The summed E-state index contributed by atoms with van der Waals surface area (Å²) in [6.07, 6.45) is 4.62. The van der Waals surface area contributed by atoms with Crippen LogP contribution in [0.4, 0.5) is 5.13 Å². The number of hydrogen-bond acceptors (Lipinski definition) is 8. The molecule has 0 spiro atoms. The van der Waals surface area contributed by atoms with Gasteiger partial charge in [0.05, 0.1) is 11.2 Å². The number of Topliss-reactive ketones (excluding diaryl/α,β-unsaturated/α-hetero) is 2. The van der Waals surface area contributed by atoms with Gasteiger partial charge in [0, 0.05) is 62.4 Å². The van der Waals surface area contributed by atoms with Crippen molar-refractivity contribution in [3.05, 3.63) is 41.7 Å². The molecule has 2 heterocycles. The molecule has 4 aliphatic rings. The van der Waals surface area contributed by atoms with E-state index in [0.717, 1.165) is 22.9 Å². The number of carbonyl (C=O) groups is 2. The first-order chi connectivity index (χ1) is 18.1. The van der Waals surface area contributed by atoms with Crippen molar-refractivity contribution in [3.8, 4) is 0 Å². The fraction of sp³-hybridized carbons (Fsp3) is 0.643. The first kappa shape index (κ1) is 26.1. The van der Waals surface area contributed by atoms with Gasteiger partial charge in [-0.05, 0) is 42.6 Å². The molecule has 2 atom stereocenters. The lowest BCUT2D eigenvalue weighted by Gasteiger charge is -2.39. The number of aromatic nitrogens is 2. The number of ketones is 2. The Balaban J connectivity index is 1.17. The van der Waals surface area contributed by atoms with Crippen molar-refractivity contribution in [2.45, 2.75) is 64.2 Å². The molecule has 0 N–H and O–H groups in total. The molecule has 2 unspecified atom stereocenters. The third-order valence-corrected chi connectivity index (χ3v) is 13.1. The summed E-state index contributed by atoms with van der Waals surface area (Å²) in [5.74, 6) is 1.43. The van der Waals surface area contributed by atoms with Crippen LogP contribution in [0.15, 0.2) is 30.3 Å². The highest BCUT2D eigenvalue weighted by Crippen LogP contribution is 2.64. The van der Waals surface area contributed by atoms with Gasteiger partial charge in [-0.2, -0.15) is 8.68 Å². The summed E-state index contributed by atoms with van der Waals surface area (Å²) >= 11 is 1.35. The zero-order valence-corrected chi connectivity index (χ0v) is 23.8. The van der Waals surface area contributed by atoms with Gasteiger partial charge in [-0.1, -0.05) is 44.2 Å². The smallest absolute Gasteiger partial charge is 0.215 e. The standard InChI is InChI=1S/C28H36N4O4S2/c1-26(2)21-8-13-28(26,23(34)18-21)19-38(35,36)32-16-14-31(15-17-32)25-29-24(30-37-25)27(11-9-22(33)10-12-27)20-6-4-3-5-7-20/h3-7,21H,8-19H2,1-2H3. The van der Waals surface area contributed by atoms with E-state index in [2.05, 4.69) is 30.9 Å². The molecule has 2 aromatic rings. The minimum atomic E-state index is -3.56. The second-order valence-electron chi connectivity index (χ2n) is 12.2. The third-order valence-electron chi connectivity index (χ3n) is 10.3. The summed E-state index contributed by atoms with van der Waals surface area (Å²) < 4.78 is 33.4. The van der Waals surface area contributed by atoms with Crippen LogP contribution < -0.4 is 4.90 Å². The zero-order chi connectivity index (χ0) is 26.8. The van der Waals surface area contributed by atoms with Gasteiger partial charge in [0.25, 0.3) is 0 Å². The summed E-state index contributed by atoms with van der Waals surface area (Å²) in [4.78, 5) is 32.1. The van der Waals surface area contributed by atoms with Gasteiger partial charge < -0.3 is 4.90 Å². The number of fused-ring (bicyclic) bond motifs is 2. The first-order valence-corrected chi connectivity index (χ1v) is 16.1. The van der Waals surface area contributed by atoms with E-state index < -0.39 is 15.4 Å². The van der Waals surface area contributed by atoms with Crippen molar-refractivity contribution >= 4 is 38.3 Å². The molecule has 1 aliphatic heterocycles. The van der Waals surface area contributed by atoms with E-state index in [1.54, 1.807) is 4.31 Å². The summed E-state index contributed by atoms with van der Waals surface area (Å²) in [7, 11) is -3.56. The topological polar surface area (TPSA) is 101 Å². The van der Waals surface area contributed by atoms with Gasteiger partial charge in [0.15, 0.2) is 5.82 Å². The van der Waals surface area contributed by atoms with E-state index >= 15 is 0 Å². The summed E-state index contributed by atoms with van der Waals surface area (Å²) in [6.45, 7) is 6.00. The Morgan fingerprint density at radius 2 is 1.68 bits per heavy atom. The lowest BCUT2D eigenvalue weighted by Crippen LogP contribution is -2.52. The number of sulfonamides is 1. The molecule has 4 fully saturated rings. The van der Waals surface area contributed by atoms with Crippen molar-refractivity contribution in [3.63, 3.8) is 0 Å². The number of carbonyl (C=O) groups excluding carboxylic acids is 2. The maximum absolute atomic E-state index is 13.5. The first-order valence-electron chi connectivity index (χ1n) is 13.7. The van der Waals surface area contributed by atoms with Crippen LogP contribution in [-0.4, -0.2) is 65.6 Å². The number of anilines is 1. The Morgan fingerprint density at radius 1 is 1.00 bits per heavy atom. The number of benzene rings is 1. The van der Waals surface area contributed by atoms with E-state index in [1.807, 2.05) is 18.2 Å². The largest absolute Gasteiger partial charge is 0.344 e. The Labute approximate surface area is 229 Å². The summed E-state index contributed by atoms with van der Waals surface area (Å²) in [5.41, 5.74) is -0.227. The van der Waals surface area contributed by atoms with E-state index in [0.29, 0.717) is 76.4 Å². The SMILES string of the molecule is CC1(C)C2CCC1(CS(=O)(=O)N1CCN(c3nc(C4(c5ccccc5)CCC(=O)CC4)ns3)CC1)C(=O)C2. The van der Waals surface area contributed by atoms with Crippen LogP contribution in [0.5, 0.6) is 0 Å². The number of piperazine rings is 1. The molecule has 38 heavy (non-hydrogen) atoms. The highest BCUT2D eigenvalue weighted by molar-refractivity contribution is 7.89. The highest BCUT2D eigenvalue weighted by Gasteiger charge is 2.65. The molecule has 204 valence electrons. The average Bonchev–Trinajstić information content (AvgIpc) is 3.54. The second kappa shape index (κ2) is 9.20. The molecule has 3 saturated carbocycles. The van der Waals surface area contributed by atoms with E-state index in [-0.39, 0.29) is 22.4 Å². The maximum Gasteiger partial charge on any atom is 0.215 e. The molecule has 10 heteroatoms. The molecule has 2 bridgehead atoms. The minimum absolute atomic E-state index is 0.0659. The summed E-state index contributed by atoms with van der Waals surface area (Å²) in [6, 6.07) is 10.2. The van der Waals surface area contributed by atoms with Crippen molar-refractivity contribution in [2.75, 3.05) is 36.8 Å². The van der Waals surface area contributed by atoms with E-state index in [4.69, 9.17) is 9.36 Å². The predicted molar refractivity (Wildman–Crippen MR) is 147 cm³/mol. The Hall–Kier alpha value is -2.17. The second-order valence-corrected chi connectivity index (χ2v) is 14.9. The zero-order valence-electron chi connectivity index (χ0n) is 22.2. The van der Waals surface area contributed by atoms with Gasteiger partial charge in [0.2, 0.25) is 15.2 Å². The van der Waals surface area contributed by atoms with Gasteiger partial charge in [-0.15, -0.1) is 0 Å². The molecule has 1 aromatic heterocycles. The van der Waals surface area contributed by atoms with Crippen molar-refractivity contribution in [2.24, 2.45) is 16.7 Å². The molecule has 1 aromatic carbocycles.